The van der Waals surface area contributed by atoms with Gasteiger partial charge in [0.15, 0.2) is 0 Å². The van der Waals surface area contributed by atoms with Crippen LogP contribution < -0.4 is 0 Å². The van der Waals surface area contributed by atoms with Crippen molar-refractivity contribution in [3.8, 4) is 0 Å². The van der Waals surface area contributed by atoms with Crippen LogP contribution >= 0.6 is 0 Å². The van der Waals surface area contributed by atoms with Crippen molar-refractivity contribution in [1.29, 1.82) is 0 Å². The number of hydrogen-bond donors (Lipinski definition) is 0. The molecule has 4 aliphatic rings. The molecular weight excluding hydrogens is 312 g/mol. The summed E-state index contributed by atoms with van der Waals surface area (Å²) in [5.74, 6) is 6.99. The zero-order valence-electron chi connectivity index (χ0n) is 16.8. The van der Waals surface area contributed by atoms with E-state index >= 15 is 0 Å². The summed E-state index contributed by atoms with van der Waals surface area (Å²) in [5, 5.41) is 0. The number of fused-ring (bicyclic) bond motifs is 3. The molecule has 5 rings (SSSR count). The molecule has 0 heteroatoms. The third kappa shape index (κ3) is 2.88. The second kappa shape index (κ2) is 6.84. The maximum absolute atomic E-state index is 2.58. The Morgan fingerprint density at radius 3 is 2.50 bits per heavy atom. The molecule has 0 bridgehead atoms. The van der Waals surface area contributed by atoms with Gasteiger partial charge in [0.1, 0.15) is 0 Å². The first-order valence-electron chi connectivity index (χ1n) is 11.5. The molecule has 1 aromatic carbocycles. The molecular formula is C26H36. The Kier molecular flexibility index (Phi) is 4.50. The highest BCUT2D eigenvalue weighted by molar-refractivity contribution is 5.65. The van der Waals surface area contributed by atoms with Crippen LogP contribution in [0.3, 0.4) is 0 Å². The monoisotopic (exact) mass is 348 g/mol. The zero-order valence-corrected chi connectivity index (χ0v) is 16.8. The van der Waals surface area contributed by atoms with E-state index in [4.69, 9.17) is 0 Å². The Bertz CT molecular complexity index is 683. The lowest BCUT2D eigenvalue weighted by Crippen LogP contribution is -2.33. The van der Waals surface area contributed by atoms with E-state index in [1.165, 1.54) is 37.7 Å². The van der Waals surface area contributed by atoms with E-state index in [-0.39, 0.29) is 0 Å². The average molecular weight is 349 g/mol. The fourth-order valence-electron chi connectivity index (χ4n) is 7.67. The summed E-state index contributed by atoms with van der Waals surface area (Å²) in [4.78, 5) is 0. The standard InChI is InChI=1S/C26H36/c1-17-13-21-9-5-6-10-25(21)23(17)11-12-24-18(2)14-22-15-19-7-3-4-8-20(19)16-26(22)24/h5-6,9-10,13,18-20,22-24,26H,3-4,7-8,11-12,14-16H2,1-2H3. The third-order valence-electron chi connectivity index (χ3n) is 8.90. The van der Waals surface area contributed by atoms with Crippen LogP contribution in [0.2, 0.25) is 0 Å². The first-order chi connectivity index (χ1) is 12.7. The van der Waals surface area contributed by atoms with Gasteiger partial charge >= 0.3 is 0 Å². The molecule has 0 spiro atoms. The molecule has 4 aliphatic carbocycles. The van der Waals surface area contributed by atoms with Crippen LogP contribution in [-0.2, 0) is 0 Å². The molecule has 0 N–H and O–H groups in total. The van der Waals surface area contributed by atoms with E-state index < -0.39 is 0 Å². The highest BCUT2D eigenvalue weighted by Crippen LogP contribution is 2.56. The predicted molar refractivity (Wildman–Crippen MR) is 111 cm³/mol. The Hall–Kier alpha value is -1.04. The van der Waals surface area contributed by atoms with Gasteiger partial charge in [-0.15, -0.1) is 0 Å². The van der Waals surface area contributed by atoms with Crippen molar-refractivity contribution in [2.45, 2.75) is 77.6 Å². The maximum atomic E-state index is 2.58. The van der Waals surface area contributed by atoms with Crippen molar-refractivity contribution >= 4 is 6.08 Å². The van der Waals surface area contributed by atoms with Crippen molar-refractivity contribution in [3.05, 3.63) is 41.0 Å². The van der Waals surface area contributed by atoms with Crippen LogP contribution in [0, 0.1) is 35.5 Å². The molecule has 3 saturated carbocycles. The normalized spacial score (nSPS) is 41.3. The number of benzene rings is 1. The minimum atomic E-state index is 0.698. The number of hydrogen-bond acceptors (Lipinski definition) is 0. The molecule has 140 valence electrons. The van der Waals surface area contributed by atoms with Crippen LogP contribution in [0.1, 0.15) is 88.7 Å². The van der Waals surface area contributed by atoms with Gasteiger partial charge in [0, 0.05) is 5.92 Å². The maximum Gasteiger partial charge on any atom is 0.00547 e. The summed E-state index contributed by atoms with van der Waals surface area (Å²) >= 11 is 0. The Morgan fingerprint density at radius 1 is 0.885 bits per heavy atom. The molecule has 7 atom stereocenters. The molecule has 26 heavy (non-hydrogen) atoms. The van der Waals surface area contributed by atoms with Crippen LogP contribution in [0.5, 0.6) is 0 Å². The molecule has 0 heterocycles. The predicted octanol–water partition coefficient (Wildman–Crippen LogP) is 7.46. The minimum absolute atomic E-state index is 0.698. The van der Waals surface area contributed by atoms with Gasteiger partial charge in [-0.1, -0.05) is 68.5 Å². The van der Waals surface area contributed by atoms with Gasteiger partial charge in [-0.2, -0.15) is 0 Å². The topological polar surface area (TPSA) is 0 Å². The van der Waals surface area contributed by atoms with Crippen molar-refractivity contribution in [3.63, 3.8) is 0 Å². The van der Waals surface area contributed by atoms with Crippen LogP contribution in [0.4, 0.5) is 0 Å². The fourth-order valence-corrected chi connectivity index (χ4v) is 7.67. The summed E-state index contributed by atoms with van der Waals surface area (Å²) in [7, 11) is 0. The van der Waals surface area contributed by atoms with Crippen LogP contribution in [0.15, 0.2) is 29.8 Å². The third-order valence-corrected chi connectivity index (χ3v) is 8.90. The first-order valence-corrected chi connectivity index (χ1v) is 11.5. The minimum Gasteiger partial charge on any atom is -0.0652 e. The molecule has 0 amide bonds. The van der Waals surface area contributed by atoms with Gasteiger partial charge in [-0.3, -0.25) is 0 Å². The van der Waals surface area contributed by atoms with Crippen molar-refractivity contribution < 1.29 is 0 Å². The van der Waals surface area contributed by atoms with Gasteiger partial charge in [-0.25, -0.2) is 0 Å². The van der Waals surface area contributed by atoms with Gasteiger partial charge in [0.2, 0.25) is 0 Å². The summed E-state index contributed by atoms with van der Waals surface area (Å²) < 4.78 is 0. The molecule has 0 nitrogen and oxygen atoms in total. The SMILES string of the molecule is CC1=Cc2ccccc2C1CCC1C(C)CC2CC3CCCCC3CC21. The smallest absolute Gasteiger partial charge is 0.00547 e. The largest absolute Gasteiger partial charge is 0.0652 e. The highest BCUT2D eigenvalue weighted by Gasteiger charge is 2.47. The fraction of sp³-hybridized carbons (Fsp3) is 0.692. The van der Waals surface area contributed by atoms with E-state index in [9.17, 15) is 0 Å². The number of rotatable bonds is 3. The van der Waals surface area contributed by atoms with Crippen molar-refractivity contribution in [2.75, 3.05) is 0 Å². The summed E-state index contributed by atoms with van der Waals surface area (Å²) in [6.07, 6.45) is 16.1. The Balaban J connectivity index is 1.28. The molecule has 0 saturated heterocycles. The first kappa shape index (κ1) is 17.1. The van der Waals surface area contributed by atoms with Gasteiger partial charge in [-0.05, 0) is 85.7 Å². The van der Waals surface area contributed by atoms with E-state index in [0.29, 0.717) is 5.92 Å². The van der Waals surface area contributed by atoms with E-state index in [1.807, 2.05) is 0 Å². The Morgan fingerprint density at radius 2 is 1.65 bits per heavy atom. The van der Waals surface area contributed by atoms with Gasteiger partial charge < -0.3 is 0 Å². The quantitative estimate of drug-likeness (QED) is 0.532. The lowest BCUT2D eigenvalue weighted by molar-refractivity contribution is 0.0732. The molecule has 7 unspecified atom stereocenters. The average Bonchev–Trinajstić information content (AvgIpc) is 3.13. The molecule has 0 aliphatic heterocycles. The summed E-state index contributed by atoms with van der Waals surface area (Å²) in [6, 6.07) is 9.10. The molecule has 0 aromatic heterocycles. The van der Waals surface area contributed by atoms with Crippen molar-refractivity contribution in [2.24, 2.45) is 35.5 Å². The lowest BCUT2D eigenvalue weighted by Gasteiger charge is -2.43. The second-order valence-corrected chi connectivity index (χ2v) is 10.2. The van der Waals surface area contributed by atoms with E-state index in [1.54, 1.807) is 36.8 Å². The summed E-state index contributed by atoms with van der Waals surface area (Å²) in [5.41, 5.74) is 4.68. The number of allylic oxidation sites excluding steroid dienone is 1. The van der Waals surface area contributed by atoms with E-state index in [2.05, 4.69) is 44.2 Å². The molecule has 0 radical (unpaired) electrons. The summed E-state index contributed by atoms with van der Waals surface area (Å²) in [6.45, 7) is 4.94. The van der Waals surface area contributed by atoms with Crippen LogP contribution in [-0.4, -0.2) is 0 Å². The van der Waals surface area contributed by atoms with Gasteiger partial charge in [0.05, 0.1) is 0 Å². The van der Waals surface area contributed by atoms with Crippen molar-refractivity contribution in [1.82, 2.24) is 0 Å². The second-order valence-electron chi connectivity index (χ2n) is 10.2. The van der Waals surface area contributed by atoms with Crippen LogP contribution in [0.25, 0.3) is 6.08 Å². The highest BCUT2D eigenvalue weighted by atomic mass is 14.5. The molecule has 1 aromatic rings. The Labute approximate surface area is 160 Å². The van der Waals surface area contributed by atoms with Gasteiger partial charge in [0.25, 0.3) is 0 Å². The zero-order chi connectivity index (χ0) is 17.7. The van der Waals surface area contributed by atoms with E-state index in [0.717, 1.165) is 35.5 Å². The molecule has 3 fully saturated rings. The lowest BCUT2D eigenvalue weighted by atomic mass is 9.62.